The van der Waals surface area contributed by atoms with E-state index in [0.29, 0.717) is 0 Å². The molecule has 0 saturated carbocycles. The molecule has 0 aliphatic heterocycles. The topological polar surface area (TPSA) is 16.4 Å². The lowest BCUT2D eigenvalue weighted by atomic mass is 9.70. The second-order valence-corrected chi connectivity index (χ2v) is 16.4. The van der Waals surface area contributed by atoms with Gasteiger partial charge in [0.1, 0.15) is 11.2 Å². The number of para-hydroxylation sites is 2. The van der Waals surface area contributed by atoms with Crippen LogP contribution >= 0.6 is 0 Å². The molecule has 0 unspecified atom stereocenters. The van der Waals surface area contributed by atoms with Gasteiger partial charge in [0.2, 0.25) is 0 Å². The molecule has 0 atom stereocenters. The first kappa shape index (κ1) is 34.0. The third kappa shape index (κ3) is 4.85. The third-order valence-electron chi connectivity index (χ3n) is 13.3. The maximum absolute atomic E-state index is 6.86. The summed E-state index contributed by atoms with van der Waals surface area (Å²) in [7, 11) is 0. The highest BCUT2D eigenvalue weighted by molar-refractivity contribution is 6.14. The largest absolute Gasteiger partial charge is 0.455 e. The highest BCUT2D eigenvalue weighted by Gasteiger charge is 2.51. The van der Waals surface area contributed by atoms with E-state index in [9.17, 15) is 0 Å². The second-order valence-electron chi connectivity index (χ2n) is 16.4. The predicted molar refractivity (Wildman–Crippen MR) is 253 cm³/mol. The first-order chi connectivity index (χ1) is 30.3. The number of nitrogens with zero attached hydrogens (tertiary/aromatic N) is 1. The molecule has 2 aliphatic carbocycles. The van der Waals surface area contributed by atoms with Crippen LogP contribution in [0.5, 0.6) is 0 Å². The zero-order chi connectivity index (χ0) is 40.1. The molecule has 1 heterocycles. The minimum absolute atomic E-state index is 0.457. The first-order valence-electron chi connectivity index (χ1n) is 21.1. The molecule has 13 rings (SSSR count). The van der Waals surface area contributed by atoms with Gasteiger partial charge in [-0.05, 0) is 109 Å². The fourth-order valence-electron chi connectivity index (χ4n) is 10.7. The Morgan fingerprint density at radius 2 is 0.852 bits per heavy atom. The lowest BCUT2D eigenvalue weighted by Gasteiger charge is -2.32. The molecule has 10 aromatic carbocycles. The summed E-state index contributed by atoms with van der Waals surface area (Å²) in [6.45, 7) is 0. The van der Waals surface area contributed by atoms with E-state index in [1.165, 1.54) is 66.4 Å². The van der Waals surface area contributed by atoms with Crippen molar-refractivity contribution in [1.82, 2.24) is 0 Å². The maximum atomic E-state index is 6.86. The Bertz CT molecular complexity index is 3480. The molecule has 0 fully saturated rings. The van der Waals surface area contributed by atoms with Crippen LogP contribution in [0.1, 0.15) is 22.3 Å². The van der Waals surface area contributed by atoms with Gasteiger partial charge in [-0.1, -0.05) is 182 Å². The van der Waals surface area contributed by atoms with E-state index >= 15 is 0 Å². The number of fused-ring (bicyclic) bond motifs is 14. The van der Waals surface area contributed by atoms with Crippen LogP contribution in [-0.2, 0) is 5.41 Å². The molecule has 0 radical (unpaired) electrons. The fourth-order valence-corrected chi connectivity index (χ4v) is 10.7. The molecule has 11 aromatic rings. The molecule has 0 amide bonds. The van der Waals surface area contributed by atoms with Crippen molar-refractivity contribution in [3.63, 3.8) is 0 Å². The average Bonchev–Trinajstić information content (AvgIpc) is 3.95. The number of anilines is 3. The van der Waals surface area contributed by atoms with Gasteiger partial charge >= 0.3 is 0 Å². The van der Waals surface area contributed by atoms with Gasteiger partial charge < -0.3 is 9.32 Å². The Kier molecular flexibility index (Phi) is 7.26. The van der Waals surface area contributed by atoms with Crippen LogP contribution in [0.15, 0.2) is 229 Å². The first-order valence-corrected chi connectivity index (χ1v) is 21.1. The molecule has 2 heteroatoms. The van der Waals surface area contributed by atoms with Crippen LogP contribution in [0.25, 0.3) is 77.2 Å². The molecule has 2 nitrogen and oxygen atoms in total. The molecule has 1 spiro atoms. The van der Waals surface area contributed by atoms with Crippen molar-refractivity contribution in [2.75, 3.05) is 4.90 Å². The van der Waals surface area contributed by atoms with E-state index in [-0.39, 0.29) is 0 Å². The quantitative estimate of drug-likeness (QED) is 0.173. The van der Waals surface area contributed by atoms with E-state index in [4.69, 9.17) is 4.42 Å². The lowest BCUT2D eigenvalue weighted by molar-refractivity contribution is 0.670. The number of hydrogen-bond acceptors (Lipinski definition) is 2. The molecule has 61 heavy (non-hydrogen) atoms. The number of rotatable bonds is 5. The summed E-state index contributed by atoms with van der Waals surface area (Å²) in [5, 5.41) is 4.62. The molecular weight excluding hydrogens is 739 g/mol. The highest BCUT2D eigenvalue weighted by Crippen LogP contribution is 2.63. The molecule has 0 N–H and O–H groups in total. The number of hydrogen-bond donors (Lipinski definition) is 0. The molecule has 2 aliphatic rings. The van der Waals surface area contributed by atoms with E-state index in [0.717, 1.165) is 50.1 Å². The number of furan rings is 1. The van der Waals surface area contributed by atoms with Crippen molar-refractivity contribution in [2.45, 2.75) is 5.41 Å². The standard InChI is InChI=1S/C59H37NO/c1-2-15-38(16-3-1)39-29-31-42(32-30-39)60(56-28-13-9-22-48(56)49-23-14-24-50-51-35-40-17-4-5-18-41(40)36-57(51)61-58(49)50)43-33-34-47-46-21-8-12-27-54(46)59(55(47)37-43)52-25-10-6-19-44(52)45-20-7-11-26-53(45)59/h1-37H. The normalized spacial score (nSPS) is 13.0. The molecular formula is C59H37NO. The monoisotopic (exact) mass is 775 g/mol. The Hall–Kier alpha value is -7.94. The summed E-state index contributed by atoms with van der Waals surface area (Å²) in [5.74, 6) is 0. The Balaban J connectivity index is 1.06. The molecule has 284 valence electrons. The van der Waals surface area contributed by atoms with Crippen molar-refractivity contribution in [1.29, 1.82) is 0 Å². The summed E-state index contributed by atoms with van der Waals surface area (Å²) >= 11 is 0. The van der Waals surface area contributed by atoms with Crippen molar-refractivity contribution in [3.8, 4) is 44.5 Å². The minimum atomic E-state index is -0.457. The van der Waals surface area contributed by atoms with Gasteiger partial charge in [0.25, 0.3) is 0 Å². The van der Waals surface area contributed by atoms with Crippen LogP contribution in [0, 0.1) is 0 Å². The van der Waals surface area contributed by atoms with Gasteiger partial charge in [0, 0.05) is 33.3 Å². The summed E-state index contributed by atoms with van der Waals surface area (Å²) in [5.41, 5.74) is 19.6. The van der Waals surface area contributed by atoms with Crippen LogP contribution < -0.4 is 4.90 Å². The molecule has 1 aromatic heterocycles. The van der Waals surface area contributed by atoms with Crippen LogP contribution in [0.3, 0.4) is 0 Å². The predicted octanol–water partition coefficient (Wildman–Crippen LogP) is 15.9. The van der Waals surface area contributed by atoms with Crippen molar-refractivity contribution in [2.24, 2.45) is 0 Å². The smallest absolute Gasteiger partial charge is 0.143 e. The maximum Gasteiger partial charge on any atom is 0.143 e. The summed E-state index contributed by atoms with van der Waals surface area (Å²) < 4.78 is 6.86. The van der Waals surface area contributed by atoms with Crippen LogP contribution in [0.4, 0.5) is 17.1 Å². The zero-order valence-electron chi connectivity index (χ0n) is 33.2. The SMILES string of the molecule is c1ccc(-c2ccc(N(c3ccc4c(c3)C3(c5ccccc5-c5ccccc53)c3ccccc3-4)c3ccccc3-c3cccc4c3oc3cc5ccccc5cc34)cc2)cc1. The van der Waals surface area contributed by atoms with Gasteiger partial charge in [0.15, 0.2) is 0 Å². The van der Waals surface area contributed by atoms with E-state index < -0.39 is 5.41 Å². The molecule has 0 bridgehead atoms. The lowest BCUT2D eigenvalue weighted by Crippen LogP contribution is -2.26. The number of benzene rings is 10. The summed E-state index contributed by atoms with van der Waals surface area (Å²) in [6, 6.07) is 82.2. The van der Waals surface area contributed by atoms with Crippen LogP contribution in [0.2, 0.25) is 0 Å². The van der Waals surface area contributed by atoms with E-state index in [1.807, 2.05) is 0 Å². The van der Waals surface area contributed by atoms with Crippen molar-refractivity contribution < 1.29 is 4.42 Å². The van der Waals surface area contributed by atoms with E-state index in [1.54, 1.807) is 0 Å². The van der Waals surface area contributed by atoms with Crippen molar-refractivity contribution in [3.05, 3.63) is 247 Å². The van der Waals surface area contributed by atoms with E-state index in [2.05, 4.69) is 229 Å². The van der Waals surface area contributed by atoms with Gasteiger partial charge in [0.05, 0.1) is 11.1 Å². The second kappa shape index (κ2) is 13.0. The van der Waals surface area contributed by atoms with Crippen LogP contribution in [-0.4, -0.2) is 0 Å². The Labute approximate surface area is 354 Å². The Morgan fingerprint density at radius 1 is 0.328 bits per heavy atom. The Morgan fingerprint density at radius 3 is 1.54 bits per heavy atom. The highest BCUT2D eigenvalue weighted by atomic mass is 16.3. The minimum Gasteiger partial charge on any atom is -0.455 e. The average molecular weight is 776 g/mol. The van der Waals surface area contributed by atoms with Gasteiger partial charge in [-0.15, -0.1) is 0 Å². The summed E-state index contributed by atoms with van der Waals surface area (Å²) in [4.78, 5) is 2.45. The fraction of sp³-hybridized carbons (Fsp3) is 0.0169. The third-order valence-corrected chi connectivity index (χ3v) is 13.3. The zero-order valence-corrected chi connectivity index (χ0v) is 33.2. The van der Waals surface area contributed by atoms with Gasteiger partial charge in [-0.25, -0.2) is 0 Å². The summed E-state index contributed by atoms with van der Waals surface area (Å²) in [6.07, 6.45) is 0. The molecule has 0 saturated heterocycles. The van der Waals surface area contributed by atoms with Gasteiger partial charge in [-0.3, -0.25) is 0 Å². The van der Waals surface area contributed by atoms with Crippen molar-refractivity contribution >= 4 is 49.8 Å². The van der Waals surface area contributed by atoms with Gasteiger partial charge in [-0.2, -0.15) is 0 Å².